The maximum Gasteiger partial charge on any atom is 0.223 e. The molecule has 24 heavy (non-hydrogen) atoms. The van der Waals surface area contributed by atoms with Gasteiger partial charge in [0.2, 0.25) is 5.91 Å². The highest BCUT2D eigenvalue weighted by Crippen LogP contribution is 2.31. The van der Waals surface area contributed by atoms with Crippen molar-refractivity contribution < 1.29 is 4.79 Å². The van der Waals surface area contributed by atoms with E-state index in [1.54, 1.807) is 11.3 Å². The van der Waals surface area contributed by atoms with Crippen molar-refractivity contribution >= 4 is 17.2 Å². The molecule has 3 rings (SSSR count). The molecule has 1 saturated heterocycles. The summed E-state index contributed by atoms with van der Waals surface area (Å²) in [4.78, 5) is 22.7. The van der Waals surface area contributed by atoms with Gasteiger partial charge in [0.25, 0.3) is 0 Å². The lowest BCUT2D eigenvalue weighted by atomic mass is 10.1. The Bertz CT molecular complexity index is 652. The van der Waals surface area contributed by atoms with Crippen LogP contribution >= 0.6 is 11.3 Å². The van der Waals surface area contributed by atoms with Crippen LogP contribution in [0.15, 0.2) is 35.8 Å². The Kier molecular flexibility index (Phi) is 5.63. The van der Waals surface area contributed by atoms with Crippen molar-refractivity contribution in [1.82, 2.24) is 14.8 Å². The van der Waals surface area contributed by atoms with Gasteiger partial charge in [0.05, 0.1) is 11.7 Å². The summed E-state index contributed by atoms with van der Waals surface area (Å²) in [5.41, 5.74) is 2.23. The Morgan fingerprint density at radius 3 is 2.92 bits per heavy atom. The van der Waals surface area contributed by atoms with Gasteiger partial charge in [-0.2, -0.15) is 0 Å². The molecular formula is C19H25N3OS. The number of thiophene rings is 1. The van der Waals surface area contributed by atoms with Gasteiger partial charge >= 0.3 is 0 Å². The SMILES string of the molecule is CN(C)Cc1ccc([C@@H]2CCCN2C(=O)CCc2cccs2)nc1. The summed E-state index contributed by atoms with van der Waals surface area (Å²) in [5, 5.41) is 2.07. The predicted octanol–water partition coefficient (Wildman–Crippen LogP) is 3.50. The molecule has 5 heteroatoms. The number of carbonyl (C=O) groups excluding carboxylic acids is 1. The van der Waals surface area contributed by atoms with E-state index in [2.05, 4.69) is 47.6 Å². The average Bonchev–Trinajstić information content (AvgIpc) is 3.24. The van der Waals surface area contributed by atoms with Crippen molar-refractivity contribution in [2.45, 2.75) is 38.3 Å². The van der Waals surface area contributed by atoms with Crippen LogP contribution in [0.2, 0.25) is 0 Å². The average molecular weight is 343 g/mol. The zero-order chi connectivity index (χ0) is 16.9. The van der Waals surface area contributed by atoms with E-state index < -0.39 is 0 Å². The van der Waals surface area contributed by atoms with E-state index in [0.717, 1.165) is 38.0 Å². The van der Waals surface area contributed by atoms with Gasteiger partial charge < -0.3 is 9.80 Å². The quantitative estimate of drug-likeness (QED) is 0.805. The number of hydrogen-bond acceptors (Lipinski definition) is 4. The van der Waals surface area contributed by atoms with Gasteiger partial charge in [-0.1, -0.05) is 12.1 Å². The van der Waals surface area contributed by atoms with E-state index >= 15 is 0 Å². The van der Waals surface area contributed by atoms with Crippen LogP contribution in [0, 0.1) is 0 Å². The topological polar surface area (TPSA) is 36.4 Å². The van der Waals surface area contributed by atoms with E-state index in [9.17, 15) is 4.79 Å². The monoisotopic (exact) mass is 343 g/mol. The van der Waals surface area contributed by atoms with E-state index in [4.69, 9.17) is 0 Å². The molecular weight excluding hydrogens is 318 g/mol. The normalized spacial score (nSPS) is 17.6. The maximum atomic E-state index is 12.6. The number of rotatable bonds is 6. The molecule has 3 heterocycles. The molecule has 1 fully saturated rings. The van der Waals surface area contributed by atoms with Crippen molar-refractivity contribution in [3.05, 3.63) is 52.0 Å². The van der Waals surface area contributed by atoms with E-state index in [1.165, 1.54) is 10.4 Å². The summed E-state index contributed by atoms with van der Waals surface area (Å²) < 4.78 is 0. The minimum absolute atomic E-state index is 0.147. The molecule has 1 atom stereocenters. The summed E-state index contributed by atoms with van der Waals surface area (Å²) in [5.74, 6) is 0.255. The Morgan fingerprint density at radius 2 is 2.25 bits per heavy atom. The van der Waals surface area contributed by atoms with Crippen LogP contribution in [0.1, 0.15) is 41.4 Å². The molecule has 0 aliphatic carbocycles. The number of aryl methyl sites for hydroxylation is 1. The fourth-order valence-electron chi connectivity index (χ4n) is 3.29. The first-order valence-electron chi connectivity index (χ1n) is 8.55. The third kappa shape index (κ3) is 4.22. The van der Waals surface area contributed by atoms with Gasteiger partial charge in [0, 0.05) is 30.6 Å². The number of carbonyl (C=O) groups is 1. The first kappa shape index (κ1) is 17.1. The molecule has 2 aromatic heterocycles. The summed E-state index contributed by atoms with van der Waals surface area (Å²) in [6, 6.07) is 8.52. The van der Waals surface area contributed by atoms with Crippen LogP contribution < -0.4 is 0 Å². The molecule has 0 unspecified atom stereocenters. The molecule has 1 aliphatic heterocycles. The minimum atomic E-state index is 0.147. The lowest BCUT2D eigenvalue weighted by Crippen LogP contribution is -2.31. The number of hydrogen-bond donors (Lipinski definition) is 0. The van der Waals surface area contributed by atoms with Crippen LogP contribution in [-0.4, -0.2) is 41.3 Å². The first-order chi connectivity index (χ1) is 11.6. The zero-order valence-electron chi connectivity index (χ0n) is 14.4. The third-order valence-electron chi connectivity index (χ3n) is 4.43. The number of pyridine rings is 1. The lowest BCUT2D eigenvalue weighted by Gasteiger charge is -2.24. The first-order valence-corrected chi connectivity index (χ1v) is 9.43. The molecule has 1 aliphatic rings. The standard InChI is InChI=1S/C19H25N3OS/c1-21(2)14-15-7-9-17(20-13-15)18-6-3-11-22(18)19(23)10-8-16-5-4-12-24-16/h4-5,7,9,12-13,18H,3,6,8,10-11,14H2,1-2H3/t18-/m0/s1. The number of nitrogens with zero attached hydrogens (tertiary/aromatic N) is 3. The van der Waals surface area contributed by atoms with Gasteiger partial charge in [0.15, 0.2) is 0 Å². The van der Waals surface area contributed by atoms with Crippen molar-refractivity contribution in [1.29, 1.82) is 0 Å². The molecule has 0 aromatic carbocycles. The minimum Gasteiger partial charge on any atom is -0.334 e. The van der Waals surface area contributed by atoms with Gasteiger partial charge in [-0.05, 0) is 56.4 Å². The molecule has 0 N–H and O–H groups in total. The Labute approximate surface area is 148 Å². The highest BCUT2D eigenvalue weighted by atomic mass is 32.1. The van der Waals surface area contributed by atoms with E-state index in [-0.39, 0.29) is 11.9 Å². The molecule has 0 radical (unpaired) electrons. The fourth-order valence-corrected chi connectivity index (χ4v) is 4.00. The molecule has 128 valence electrons. The largest absolute Gasteiger partial charge is 0.334 e. The summed E-state index contributed by atoms with van der Waals surface area (Å²) >= 11 is 1.72. The van der Waals surface area contributed by atoms with Gasteiger partial charge in [-0.25, -0.2) is 0 Å². The second-order valence-electron chi connectivity index (χ2n) is 6.65. The summed E-state index contributed by atoms with van der Waals surface area (Å²) in [6.45, 7) is 1.75. The summed E-state index contributed by atoms with van der Waals surface area (Å²) in [6.07, 6.45) is 5.47. The van der Waals surface area contributed by atoms with Gasteiger partial charge in [0.1, 0.15) is 0 Å². The Hall–Kier alpha value is -1.72. The van der Waals surface area contributed by atoms with Crippen LogP contribution in [0.5, 0.6) is 0 Å². The predicted molar refractivity (Wildman–Crippen MR) is 98.0 cm³/mol. The fraction of sp³-hybridized carbons (Fsp3) is 0.474. The lowest BCUT2D eigenvalue weighted by molar-refractivity contribution is -0.132. The third-order valence-corrected chi connectivity index (χ3v) is 5.36. The second kappa shape index (κ2) is 7.90. The maximum absolute atomic E-state index is 12.6. The number of likely N-dealkylation sites (tertiary alicyclic amines) is 1. The van der Waals surface area contributed by atoms with E-state index in [0.29, 0.717) is 6.42 Å². The number of amides is 1. The molecule has 0 bridgehead atoms. The molecule has 1 amide bonds. The van der Waals surface area contributed by atoms with Crippen molar-refractivity contribution in [3.63, 3.8) is 0 Å². The number of aromatic nitrogens is 1. The Morgan fingerprint density at radius 1 is 1.38 bits per heavy atom. The van der Waals surface area contributed by atoms with Crippen LogP contribution in [0.25, 0.3) is 0 Å². The van der Waals surface area contributed by atoms with Crippen molar-refractivity contribution in [2.24, 2.45) is 0 Å². The zero-order valence-corrected chi connectivity index (χ0v) is 15.3. The van der Waals surface area contributed by atoms with Crippen molar-refractivity contribution in [2.75, 3.05) is 20.6 Å². The molecule has 0 saturated carbocycles. The van der Waals surface area contributed by atoms with Crippen molar-refractivity contribution in [3.8, 4) is 0 Å². The van der Waals surface area contributed by atoms with Crippen LogP contribution in [-0.2, 0) is 17.8 Å². The van der Waals surface area contributed by atoms with Gasteiger partial charge in [-0.3, -0.25) is 9.78 Å². The smallest absolute Gasteiger partial charge is 0.223 e. The highest BCUT2D eigenvalue weighted by molar-refractivity contribution is 7.09. The van der Waals surface area contributed by atoms with Crippen LogP contribution in [0.3, 0.4) is 0 Å². The summed E-state index contributed by atoms with van der Waals surface area (Å²) in [7, 11) is 4.11. The van der Waals surface area contributed by atoms with E-state index in [1.807, 2.05) is 17.2 Å². The highest BCUT2D eigenvalue weighted by Gasteiger charge is 2.30. The molecule has 2 aromatic rings. The van der Waals surface area contributed by atoms with Crippen LogP contribution in [0.4, 0.5) is 0 Å². The van der Waals surface area contributed by atoms with Gasteiger partial charge in [-0.15, -0.1) is 11.3 Å². The Balaban J connectivity index is 1.62. The molecule has 4 nitrogen and oxygen atoms in total. The molecule has 0 spiro atoms. The second-order valence-corrected chi connectivity index (χ2v) is 7.69.